The number of carbonyl (C=O) groups is 1. The second kappa shape index (κ2) is 5.03. The Balaban J connectivity index is 2.85. The van der Waals surface area contributed by atoms with Gasteiger partial charge in [-0.15, -0.1) is 0 Å². The number of amides is 1. The molecule has 1 unspecified atom stereocenters. The van der Waals surface area contributed by atoms with Crippen LogP contribution in [0.15, 0.2) is 12.1 Å². The van der Waals surface area contributed by atoms with Gasteiger partial charge in [0.05, 0.1) is 22.3 Å². The van der Waals surface area contributed by atoms with Crippen LogP contribution >= 0.6 is 12.2 Å². The molecule has 4 nitrogen and oxygen atoms in total. The first kappa shape index (κ1) is 12.6. The average Bonchev–Trinajstić information content (AvgIpc) is 2.16. The lowest BCUT2D eigenvalue weighted by Crippen LogP contribution is -2.41. The summed E-state index contributed by atoms with van der Waals surface area (Å²) in [6.45, 7) is 5.43. The van der Waals surface area contributed by atoms with Crippen LogP contribution in [0.2, 0.25) is 0 Å². The highest BCUT2D eigenvalue weighted by Gasteiger charge is 2.13. The van der Waals surface area contributed by atoms with Crippen molar-refractivity contribution in [2.75, 3.05) is 0 Å². The van der Waals surface area contributed by atoms with Gasteiger partial charge < -0.3 is 11.1 Å². The summed E-state index contributed by atoms with van der Waals surface area (Å²) in [5.41, 5.74) is 7.56. The van der Waals surface area contributed by atoms with Gasteiger partial charge in [0.1, 0.15) is 0 Å². The minimum Gasteiger partial charge on any atom is -0.392 e. The number of thiocarbonyl (C=S) groups is 1. The van der Waals surface area contributed by atoms with Gasteiger partial charge >= 0.3 is 0 Å². The Morgan fingerprint density at radius 2 is 2.12 bits per heavy atom. The van der Waals surface area contributed by atoms with Crippen molar-refractivity contribution < 1.29 is 4.79 Å². The summed E-state index contributed by atoms with van der Waals surface area (Å²) in [4.78, 5) is 16.3. The van der Waals surface area contributed by atoms with Crippen LogP contribution in [-0.2, 0) is 0 Å². The van der Waals surface area contributed by atoms with Crippen molar-refractivity contribution in [3.8, 4) is 0 Å². The molecule has 86 valence electrons. The zero-order chi connectivity index (χ0) is 12.3. The number of hydrogen-bond donors (Lipinski definition) is 2. The highest BCUT2D eigenvalue weighted by atomic mass is 32.1. The van der Waals surface area contributed by atoms with Crippen LogP contribution in [0.25, 0.3) is 0 Å². The number of nitrogens with one attached hydrogen (secondary N) is 1. The fraction of sp³-hybridized carbons (Fsp3) is 0.364. The summed E-state index contributed by atoms with van der Waals surface area (Å²) >= 11 is 4.79. The fourth-order valence-electron chi connectivity index (χ4n) is 1.27. The molecule has 1 heterocycles. The number of nitrogens with zero attached hydrogens (tertiary/aromatic N) is 1. The van der Waals surface area contributed by atoms with Gasteiger partial charge in [-0.05, 0) is 32.9 Å². The first-order valence-electron chi connectivity index (χ1n) is 4.96. The molecule has 3 N–H and O–H groups in total. The summed E-state index contributed by atoms with van der Waals surface area (Å²) in [6, 6.07) is 3.23. The van der Waals surface area contributed by atoms with Gasteiger partial charge in [-0.1, -0.05) is 12.2 Å². The molecule has 1 aromatic heterocycles. The summed E-state index contributed by atoms with van der Waals surface area (Å²) < 4.78 is 0. The summed E-state index contributed by atoms with van der Waals surface area (Å²) in [5.74, 6) is -0.203. The Morgan fingerprint density at radius 3 is 2.62 bits per heavy atom. The first-order valence-corrected chi connectivity index (χ1v) is 5.37. The van der Waals surface area contributed by atoms with E-state index in [9.17, 15) is 4.79 Å². The van der Waals surface area contributed by atoms with Crippen molar-refractivity contribution in [1.29, 1.82) is 0 Å². The van der Waals surface area contributed by atoms with Gasteiger partial charge in [0.15, 0.2) is 0 Å². The second-order valence-electron chi connectivity index (χ2n) is 3.68. The monoisotopic (exact) mass is 237 g/mol. The van der Waals surface area contributed by atoms with E-state index in [2.05, 4.69) is 10.3 Å². The SMILES string of the molecule is Cc1ccc(C(=O)NC(C)C(N)=S)c(C)n1. The molecule has 0 aliphatic heterocycles. The van der Waals surface area contributed by atoms with E-state index in [1.54, 1.807) is 26.0 Å². The summed E-state index contributed by atoms with van der Waals surface area (Å²) in [6.07, 6.45) is 0. The number of pyridine rings is 1. The minimum absolute atomic E-state index is 0.203. The summed E-state index contributed by atoms with van der Waals surface area (Å²) in [5, 5.41) is 2.71. The van der Waals surface area contributed by atoms with Crippen LogP contribution in [-0.4, -0.2) is 21.9 Å². The number of aromatic nitrogens is 1. The van der Waals surface area contributed by atoms with E-state index in [1.807, 2.05) is 6.92 Å². The molecular weight excluding hydrogens is 222 g/mol. The largest absolute Gasteiger partial charge is 0.392 e. The van der Waals surface area contributed by atoms with E-state index in [0.29, 0.717) is 11.3 Å². The van der Waals surface area contributed by atoms with E-state index in [-0.39, 0.29) is 16.9 Å². The molecule has 1 rings (SSSR count). The van der Waals surface area contributed by atoms with E-state index in [4.69, 9.17) is 18.0 Å². The molecule has 0 bridgehead atoms. The van der Waals surface area contributed by atoms with Crippen LogP contribution in [0.4, 0.5) is 0 Å². The molecule has 0 aliphatic carbocycles. The minimum atomic E-state index is -0.316. The van der Waals surface area contributed by atoms with Gasteiger partial charge in [-0.25, -0.2) is 0 Å². The molecule has 0 fully saturated rings. The predicted molar refractivity (Wildman–Crippen MR) is 67.4 cm³/mol. The lowest BCUT2D eigenvalue weighted by Gasteiger charge is -2.13. The standard InChI is InChI=1S/C11H15N3OS/c1-6-4-5-9(7(2)13-6)11(15)14-8(3)10(12)16/h4-5,8H,1-3H3,(H2,12,16)(H,14,15). The molecule has 16 heavy (non-hydrogen) atoms. The van der Waals surface area contributed by atoms with Gasteiger partial charge in [0.25, 0.3) is 5.91 Å². The zero-order valence-electron chi connectivity index (χ0n) is 9.57. The number of aryl methyl sites for hydroxylation is 2. The molecule has 1 amide bonds. The Morgan fingerprint density at radius 1 is 1.50 bits per heavy atom. The van der Waals surface area contributed by atoms with E-state index >= 15 is 0 Å². The normalized spacial score (nSPS) is 11.9. The smallest absolute Gasteiger partial charge is 0.253 e. The average molecular weight is 237 g/mol. The van der Waals surface area contributed by atoms with Gasteiger partial charge in [-0.3, -0.25) is 9.78 Å². The predicted octanol–water partition coefficient (Wildman–Crippen LogP) is 1.10. The molecule has 0 saturated carbocycles. The maximum Gasteiger partial charge on any atom is 0.253 e. The third kappa shape index (κ3) is 3.00. The highest BCUT2D eigenvalue weighted by molar-refractivity contribution is 7.80. The molecule has 1 aromatic rings. The van der Waals surface area contributed by atoms with Crippen molar-refractivity contribution in [3.05, 3.63) is 29.1 Å². The third-order valence-electron chi connectivity index (χ3n) is 2.24. The molecule has 0 aromatic carbocycles. The number of hydrogen-bond acceptors (Lipinski definition) is 3. The van der Waals surface area contributed by atoms with Crippen LogP contribution in [0, 0.1) is 13.8 Å². The maximum atomic E-state index is 11.8. The molecule has 0 spiro atoms. The van der Waals surface area contributed by atoms with Crippen molar-refractivity contribution in [1.82, 2.24) is 10.3 Å². The Hall–Kier alpha value is -1.49. The fourth-order valence-corrected chi connectivity index (χ4v) is 1.33. The van der Waals surface area contributed by atoms with Crippen LogP contribution < -0.4 is 11.1 Å². The Kier molecular flexibility index (Phi) is 3.95. The van der Waals surface area contributed by atoms with Crippen molar-refractivity contribution >= 4 is 23.1 Å². The van der Waals surface area contributed by atoms with Crippen molar-refractivity contribution in [2.24, 2.45) is 5.73 Å². The highest BCUT2D eigenvalue weighted by Crippen LogP contribution is 2.06. The van der Waals surface area contributed by atoms with E-state index < -0.39 is 0 Å². The lowest BCUT2D eigenvalue weighted by atomic mass is 10.1. The maximum absolute atomic E-state index is 11.8. The van der Waals surface area contributed by atoms with Gasteiger partial charge in [0.2, 0.25) is 0 Å². The van der Waals surface area contributed by atoms with Crippen LogP contribution in [0.3, 0.4) is 0 Å². The Bertz CT molecular complexity index is 431. The molecule has 5 heteroatoms. The van der Waals surface area contributed by atoms with Gasteiger partial charge in [0, 0.05) is 5.69 Å². The number of rotatable bonds is 3. The first-order chi connectivity index (χ1) is 7.41. The molecular formula is C11H15N3OS. The lowest BCUT2D eigenvalue weighted by molar-refractivity contribution is 0.0948. The van der Waals surface area contributed by atoms with Crippen molar-refractivity contribution in [2.45, 2.75) is 26.8 Å². The zero-order valence-corrected chi connectivity index (χ0v) is 10.4. The molecule has 0 aliphatic rings. The van der Waals surface area contributed by atoms with E-state index in [0.717, 1.165) is 5.69 Å². The molecule has 1 atom stereocenters. The Labute approximate surface area is 100 Å². The van der Waals surface area contributed by atoms with E-state index in [1.165, 1.54) is 0 Å². The van der Waals surface area contributed by atoms with Crippen molar-refractivity contribution in [3.63, 3.8) is 0 Å². The number of carbonyl (C=O) groups excluding carboxylic acids is 1. The quantitative estimate of drug-likeness (QED) is 0.773. The summed E-state index contributed by atoms with van der Waals surface area (Å²) in [7, 11) is 0. The van der Waals surface area contributed by atoms with Crippen LogP contribution in [0.1, 0.15) is 28.7 Å². The number of nitrogens with two attached hydrogens (primary N) is 1. The molecule has 0 saturated heterocycles. The molecule has 0 radical (unpaired) electrons. The van der Waals surface area contributed by atoms with Crippen LogP contribution in [0.5, 0.6) is 0 Å². The third-order valence-corrected chi connectivity index (χ3v) is 2.60. The topological polar surface area (TPSA) is 68.0 Å². The second-order valence-corrected chi connectivity index (χ2v) is 4.15. The van der Waals surface area contributed by atoms with Gasteiger partial charge in [-0.2, -0.15) is 0 Å².